The Balaban J connectivity index is 1.96. The third-order valence-electron chi connectivity index (χ3n) is 5.15. The first-order chi connectivity index (χ1) is 16.9. The van der Waals surface area contributed by atoms with Crippen LogP contribution in [0, 0.1) is 0 Å². The first kappa shape index (κ1) is 24.9. The summed E-state index contributed by atoms with van der Waals surface area (Å²) in [6, 6.07) is 10.1. The normalized spacial score (nSPS) is 13.1. The molecule has 3 aromatic heterocycles. The van der Waals surface area contributed by atoms with E-state index in [2.05, 4.69) is 19.6 Å². The predicted molar refractivity (Wildman–Crippen MR) is 114 cm³/mol. The number of nitrogens with one attached hydrogen (secondary N) is 1. The van der Waals surface area contributed by atoms with Gasteiger partial charge >= 0.3 is 18.3 Å². The molecule has 1 unspecified atom stereocenters. The number of rotatable bonds is 5. The molecule has 1 atom stereocenters. The number of hydrogen-bond acceptors (Lipinski definition) is 6. The van der Waals surface area contributed by atoms with Gasteiger partial charge in [0.15, 0.2) is 5.82 Å². The summed E-state index contributed by atoms with van der Waals surface area (Å²) in [5, 5.41) is 3.65. The van der Waals surface area contributed by atoms with E-state index in [9.17, 15) is 35.9 Å². The fourth-order valence-corrected chi connectivity index (χ4v) is 3.61. The summed E-state index contributed by atoms with van der Waals surface area (Å²) in [5.41, 5.74) is -3.71. The second-order valence-corrected chi connectivity index (χ2v) is 7.71. The van der Waals surface area contributed by atoms with Crippen LogP contribution in [0.5, 0.6) is 0 Å². The Morgan fingerprint density at radius 2 is 1.78 bits per heavy atom. The Kier molecular flexibility index (Phi) is 6.28. The first-order valence-corrected chi connectivity index (χ1v) is 10.2. The summed E-state index contributed by atoms with van der Waals surface area (Å²) in [7, 11) is 0. The van der Waals surface area contributed by atoms with E-state index in [1.807, 2.05) is 0 Å². The molecular formula is C22H15F6N5O3. The quantitative estimate of drug-likeness (QED) is 0.388. The number of fused-ring (bicyclic) bond motifs is 1. The van der Waals surface area contributed by atoms with Crippen molar-refractivity contribution in [3.8, 4) is 11.5 Å². The number of amides is 1. The Hall–Kier alpha value is -4.23. The van der Waals surface area contributed by atoms with Gasteiger partial charge in [0.25, 0.3) is 11.3 Å². The lowest BCUT2D eigenvalue weighted by Gasteiger charge is -2.20. The molecular weight excluding hydrogens is 496 g/mol. The molecule has 4 aromatic rings. The molecule has 0 aliphatic rings. The molecule has 0 saturated carbocycles. The molecule has 4 rings (SSSR count). The van der Waals surface area contributed by atoms with Crippen molar-refractivity contribution in [2.75, 3.05) is 5.32 Å². The number of halogens is 6. The van der Waals surface area contributed by atoms with E-state index in [0.29, 0.717) is 0 Å². The van der Waals surface area contributed by atoms with Crippen molar-refractivity contribution in [1.29, 1.82) is 0 Å². The summed E-state index contributed by atoms with van der Waals surface area (Å²) in [4.78, 5) is 32.9. The van der Waals surface area contributed by atoms with Gasteiger partial charge in [-0.3, -0.25) is 19.1 Å². The molecule has 1 aromatic carbocycles. The van der Waals surface area contributed by atoms with Crippen LogP contribution < -0.4 is 10.9 Å². The molecule has 0 aliphatic carbocycles. The predicted octanol–water partition coefficient (Wildman–Crippen LogP) is 4.77. The zero-order valence-electron chi connectivity index (χ0n) is 18.2. The van der Waals surface area contributed by atoms with Gasteiger partial charge < -0.3 is 9.84 Å². The Labute approximate surface area is 197 Å². The fraction of sp³-hybridized carbons (Fsp3) is 0.227. The van der Waals surface area contributed by atoms with Crippen LogP contribution in [0.3, 0.4) is 0 Å². The average Bonchev–Trinajstić information content (AvgIpc) is 3.24. The number of benzene rings is 1. The molecule has 0 saturated heterocycles. The Bertz CT molecular complexity index is 1480. The van der Waals surface area contributed by atoms with E-state index >= 15 is 0 Å². The maximum absolute atomic E-state index is 13.5. The van der Waals surface area contributed by atoms with Crippen LogP contribution in [0.25, 0.3) is 22.6 Å². The number of carbonyl (C=O) groups excluding carboxylic acids is 1. The van der Waals surface area contributed by atoms with Crippen molar-refractivity contribution in [3.05, 3.63) is 70.3 Å². The molecule has 188 valence electrons. The van der Waals surface area contributed by atoms with Crippen LogP contribution in [0.15, 0.2) is 58.0 Å². The van der Waals surface area contributed by atoms with E-state index in [1.165, 1.54) is 13.0 Å². The summed E-state index contributed by atoms with van der Waals surface area (Å²) in [6.07, 6.45) is -8.98. The number of hydrogen-bond donors (Lipinski definition) is 1. The number of alkyl halides is 6. The summed E-state index contributed by atoms with van der Waals surface area (Å²) >= 11 is 0. The monoisotopic (exact) mass is 511 g/mol. The lowest BCUT2D eigenvalue weighted by Crippen LogP contribution is -2.31. The third-order valence-corrected chi connectivity index (χ3v) is 5.15. The molecule has 1 N–H and O–H groups in total. The molecule has 8 nitrogen and oxygen atoms in total. The van der Waals surface area contributed by atoms with Crippen molar-refractivity contribution in [2.45, 2.75) is 31.7 Å². The van der Waals surface area contributed by atoms with Gasteiger partial charge in [0, 0.05) is 12.2 Å². The van der Waals surface area contributed by atoms with Crippen LogP contribution in [0.4, 0.5) is 32.0 Å². The minimum absolute atomic E-state index is 0.143. The number of aromatic nitrogens is 4. The maximum Gasteiger partial charge on any atom is 0.471 e. The zero-order chi connectivity index (χ0) is 26.3. The van der Waals surface area contributed by atoms with Crippen LogP contribution >= 0.6 is 0 Å². The lowest BCUT2D eigenvalue weighted by molar-refractivity contribution is -0.167. The maximum atomic E-state index is 13.5. The summed E-state index contributed by atoms with van der Waals surface area (Å²) < 4.78 is 84.6. The van der Waals surface area contributed by atoms with Gasteiger partial charge in [-0.25, -0.2) is 0 Å². The zero-order valence-corrected chi connectivity index (χ0v) is 18.2. The summed E-state index contributed by atoms with van der Waals surface area (Å²) in [5.74, 6) is -2.73. The lowest BCUT2D eigenvalue weighted by atomic mass is 10.1. The van der Waals surface area contributed by atoms with Crippen molar-refractivity contribution in [2.24, 2.45) is 0 Å². The number of anilines is 1. The second-order valence-electron chi connectivity index (χ2n) is 7.71. The van der Waals surface area contributed by atoms with Gasteiger partial charge in [-0.1, -0.05) is 35.5 Å². The molecule has 14 heteroatoms. The number of nitrogens with zero attached hydrogens (tertiary/aromatic N) is 4. The highest BCUT2D eigenvalue weighted by Crippen LogP contribution is 2.34. The molecule has 1 amide bonds. The number of pyridine rings is 1. The van der Waals surface area contributed by atoms with E-state index in [4.69, 9.17) is 0 Å². The van der Waals surface area contributed by atoms with Gasteiger partial charge in [0.1, 0.15) is 11.1 Å². The van der Waals surface area contributed by atoms with Crippen molar-refractivity contribution in [1.82, 2.24) is 19.7 Å². The van der Waals surface area contributed by atoms with Crippen LogP contribution in [-0.4, -0.2) is 31.8 Å². The van der Waals surface area contributed by atoms with Gasteiger partial charge in [0.2, 0.25) is 5.69 Å². The topological polar surface area (TPSA) is 103 Å². The van der Waals surface area contributed by atoms with Crippen molar-refractivity contribution in [3.63, 3.8) is 0 Å². The highest BCUT2D eigenvalue weighted by atomic mass is 19.4. The molecule has 0 fully saturated rings. The van der Waals surface area contributed by atoms with E-state index in [1.54, 1.807) is 35.6 Å². The first-order valence-electron chi connectivity index (χ1n) is 10.2. The third kappa shape index (κ3) is 4.78. The van der Waals surface area contributed by atoms with E-state index in [0.717, 1.165) is 22.4 Å². The second kappa shape index (κ2) is 9.09. The minimum Gasteiger partial charge on any atom is -0.335 e. The number of carbonyl (C=O) groups is 1. The fourth-order valence-electron chi connectivity index (χ4n) is 3.61. The standard InChI is InChI=1S/C22H15F6N5O3/c1-11(10-12-6-3-2-4-7-12)33-17(15-13(8-5-9-29-15)30-20(35)22(26,27)28)31-18-14(19(33)34)16(32-36-18)21(23,24)25/h2-9,11H,10H2,1H3,(H,30,35). The highest BCUT2D eigenvalue weighted by Gasteiger charge is 2.41. The molecule has 0 aliphatic heterocycles. The van der Waals surface area contributed by atoms with Gasteiger partial charge in [0.05, 0.1) is 5.69 Å². The highest BCUT2D eigenvalue weighted by molar-refractivity contribution is 5.97. The minimum atomic E-state index is -5.24. The van der Waals surface area contributed by atoms with Gasteiger partial charge in [-0.15, -0.1) is 0 Å². The SMILES string of the molecule is CC(Cc1ccccc1)n1c(-c2ncccc2NC(=O)C(F)(F)F)nc2onc(C(F)(F)F)c2c1=O. The Morgan fingerprint density at radius 3 is 2.42 bits per heavy atom. The van der Waals surface area contributed by atoms with Crippen LogP contribution in [0.2, 0.25) is 0 Å². The molecule has 0 radical (unpaired) electrons. The molecule has 0 bridgehead atoms. The van der Waals surface area contributed by atoms with Crippen LogP contribution in [0.1, 0.15) is 24.2 Å². The van der Waals surface area contributed by atoms with Gasteiger partial charge in [-0.05, 0) is 31.0 Å². The molecule has 0 spiro atoms. The van der Waals surface area contributed by atoms with E-state index in [-0.39, 0.29) is 12.1 Å². The Morgan fingerprint density at radius 1 is 1.08 bits per heavy atom. The van der Waals surface area contributed by atoms with Crippen molar-refractivity contribution < 1.29 is 35.7 Å². The molecule has 36 heavy (non-hydrogen) atoms. The van der Waals surface area contributed by atoms with Gasteiger partial charge in [-0.2, -0.15) is 31.3 Å². The summed E-state index contributed by atoms with van der Waals surface area (Å²) in [6.45, 7) is 1.52. The van der Waals surface area contributed by atoms with E-state index < -0.39 is 58.2 Å². The smallest absolute Gasteiger partial charge is 0.335 e. The molecule has 3 heterocycles. The van der Waals surface area contributed by atoms with Crippen molar-refractivity contribution >= 4 is 22.7 Å². The largest absolute Gasteiger partial charge is 0.471 e. The van der Waals surface area contributed by atoms with Crippen LogP contribution in [-0.2, 0) is 17.4 Å². The average molecular weight is 511 g/mol.